The van der Waals surface area contributed by atoms with Gasteiger partial charge < -0.3 is 9.42 Å². The van der Waals surface area contributed by atoms with E-state index < -0.39 is 0 Å². The fourth-order valence-electron chi connectivity index (χ4n) is 1.93. The summed E-state index contributed by atoms with van der Waals surface area (Å²) in [4.78, 5) is 18.1. The summed E-state index contributed by atoms with van der Waals surface area (Å²) in [7, 11) is 1.71. The Hall–Kier alpha value is -1.88. The maximum atomic E-state index is 12.4. The van der Waals surface area contributed by atoms with Crippen molar-refractivity contribution in [2.24, 2.45) is 0 Å². The van der Waals surface area contributed by atoms with Crippen LogP contribution in [0.1, 0.15) is 33.1 Å². The molecule has 0 bridgehead atoms. The summed E-state index contributed by atoms with van der Waals surface area (Å²) in [5.74, 6) is 0.540. The Balaban J connectivity index is 2.21. The maximum Gasteiger partial charge on any atom is 0.256 e. The van der Waals surface area contributed by atoms with Crippen LogP contribution in [-0.4, -0.2) is 28.0 Å². The highest BCUT2D eigenvalue weighted by Gasteiger charge is 2.19. The van der Waals surface area contributed by atoms with Gasteiger partial charge in [0.25, 0.3) is 5.91 Å². The van der Waals surface area contributed by atoms with Gasteiger partial charge in [0.1, 0.15) is 5.76 Å². The van der Waals surface area contributed by atoms with E-state index in [-0.39, 0.29) is 5.91 Å². The number of carbonyl (C=O) groups is 1. The molecule has 0 atom stereocenters. The lowest BCUT2D eigenvalue weighted by Gasteiger charge is -2.17. The Bertz CT molecular complexity index is 632. The highest BCUT2D eigenvalue weighted by atomic mass is 35.5. The number of rotatable bonds is 3. The third kappa shape index (κ3) is 2.82. The average molecular weight is 294 g/mol. The lowest BCUT2D eigenvalue weighted by atomic mass is 10.1. The van der Waals surface area contributed by atoms with Crippen LogP contribution in [0.25, 0.3) is 0 Å². The number of hydrogen-bond acceptors (Lipinski definition) is 4. The van der Waals surface area contributed by atoms with Gasteiger partial charge in [-0.25, -0.2) is 0 Å². The molecule has 0 unspecified atom stereocenters. The highest BCUT2D eigenvalue weighted by Crippen LogP contribution is 2.20. The van der Waals surface area contributed by atoms with Gasteiger partial charge in [-0.05, 0) is 26.8 Å². The van der Waals surface area contributed by atoms with Crippen LogP contribution in [0, 0.1) is 20.8 Å². The molecule has 0 spiro atoms. The summed E-state index contributed by atoms with van der Waals surface area (Å²) in [6.07, 6.45) is 1.50. The molecule has 0 aliphatic carbocycles. The molecule has 2 aromatic rings. The molecule has 6 heteroatoms. The molecule has 106 valence electrons. The number of amides is 1. The van der Waals surface area contributed by atoms with Crippen LogP contribution in [0.2, 0.25) is 5.02 Å². The molecular formula is C14H16ClN3O2. The first-order valence-corrected chi connectivity index (χ1v) is 6.57. The molecule has 2 heterocycles. The quantitative estimate of drug-likeness (QED) is 0.873. The summed E-state index contributed by atoms with van der Waals surface area (Å²) >= 11 is 6.09. The smallest absolute Gasteiger partial charge is 0.256 e. The van der Waals surface area contributed by atoms with E-state index >= 15 is 0 Å². The van der Waals surface area contributed by atoms with Crippen molar-refractivity contribution in [1.82, 2.24) is 15.0 Å². The molecule has 0 aliphatic rings. The van der Waals surface area contributed by atoms with E-state index in [4.69, 9.17) is 16.1 Å². The summed E-state index contributed by atoms with van der Waals surface area (Å²) in [5.41, 5.74) is 2.87. The molecule has 0 N–H and O–H groups in total. The van der Waals surface area contributed by atoms with Crippen molar-refractivity contribution < 1.29 is 9.32 Å². The normalized spacial score (nSPS) is 10.7. The van der Waals surface area contributed by atoms with Crippen LogP contribution in [0.15, 0.2) is 16.8 Å². The highest BCUT2D eigenvalue weighted by molar-refractivity contribution is 6.33. The van der Waals surface area contributed by atoms with Crippen molar-refractivity contribution in [3.05, 3.63) is 45.6 Å². The Morgan fingerprint density at radius 3 is 2.65 bits per heavy atom. The van der Waals surface area contributed by atoms with Crippen molar-refractivity contribution in [3.63, 3.8) is 0 Å². The first kappa shape index (κ1) is 14.5. The third-order valence-electron chi connectivity index (χ3n) is 3.14. The average Bonchev–Trinajstić information content (AvgIpc) is 2.70. The predicted octanol–water partition coefficient (Wildman–Crippen LogP) is 2.92. The van der Waals surface area contributed by atoms with E-state index in [1.807, 2.05) is 20.8 Å². The second kappa shape index (κ2) is 5.63. The molecule has 1 amide bonds. The van der Waals surface area contributed by atoms with Gasteiger partial charge in [0, 0.05) is 24.5 Å². The van der Waals surface area contributed by atoms with Gasteiger partial charge in [0.05, 0.1) is 22.8 Å². The molecule has 0 radical (unpaired) electrons. The molecule has 20 heavy (non-hydrogen) atoms. The summed E-state index contributed by atoms with van der Waals surface area (Å²) in [6, 6.07) is 1.68. The summed E-state index contributed by atoms with van der Waals surface area (Å²) in [6.45, 7) is 5.93. The van der Waals surface area contributed by atoms with Crippen molar-refractivity contribution >= 4 is 17.5 Å². The number of aromatic nitrogens is 2. The molecule has 0 fully saturated rings. The standard InChI is InChI=1S/C14H16ClN3O2/c1-8-5-13(15)11(6-16-8)14(19)18(4)7-12-9(2)17-20-10(12)3/h5-6H,7H2,1-4H3. The van der Waals surface area contributed by atoms with E-state index in [9.17, 15) is 4.79 Å². The van der Waals surface area contributed by atoms with Gasteiger partial charge in [0.15, 0.2) is 0 Å². The van der Waals surface area contributed by atoms with Crippen molar-refractivity contribution in [3.8, 4) is 0 Å². The Labute approximate surface area is 122 Å². The topological polar surface area (TPSA) is 59.2 Å². The van der Waals surface area contributed by atoms with Crippen molar-refractivity contribution in [2.75, 3.05) is 7.05 Å². The van der Waals surface area contributed by atoms with Crippen molar-refractivity contribution in [2.45, 2.75) is 27.3 Å². The summed E-state index contributed by atoms with van der Waals surface area (Å²) in [5, 5.41) is 4.29. The Morgan fingerprint density at radius 1 is 1.40 bits per heavy atom. The monoisotopic (exact) mass is 293 g/mol. The SMILES string of the molecule is Cc1cc(Cl)c(C(=O)N(C)Cc2c(C)noc2C)cn1. The molecule has 5 nitrogen and oxygen atoms in total. The Morgan fingerprint density at radius 2 is 2.10 bits per heavy atom. The van der Waals surface area contributed by atoms with Crippen molar-refractivity contribution in [1.29, 1.82) is 0 Å². The largest absolute Gasteiger partial charge is 0.361 e. The zero-order chi connectivity index (χ0) is 14.9. The van der Waals surface area contributed by atoms with Gasteiger partial charge >= 0.3 is 0 Å². The van der Waals surface area contributed by atoms with Crippen LogP contribution in [0.5, 0.6) is 0 Å². The molecule has 0 aromatic carbocycles. The predicted molar refractivity (Wildman–Crippen MR) is 75.8 cm³/mol. The minimum absolute atomic E-state index is 0.178. The fraction of sp³-hybridized carbons (Fsp3) is 0.357. The van der Waals surface area contributed by atoms with Gasteiger partial charge in [-0.1, -0.05) is 16.8 Å². The number of carbonyl (C=O) groups excluding carboxylic acids is 1. The zero-order valence-corrected chi connectivity index (χ0v) is 12.7. The second-order valence-corrected chi connectivity index (χ2v) is 5.18. The Kier molecular flexibility index (Phi) is 4.09. The van der Waals surface area contributed by atoms with E-state index in [2.05, 4.69) is 10.1 Å². The number of aryl methyl sites for hydroxylation is 3. The maximum absolute atomic E-state index is 12.4. The van der Waals surface area contributed by atoms with E-state index in [1.165, 1.54) is 6.20 Å². The lowest BCUT2D eigenvalue weighted by molar-refractivity contribution is 0.0784. The number of halogens is 1. The first-order chi connectivity index (χ1) is 9.40. The van der Waals surface area contributed by atoms with Crippen LogP contribution in [0.3, 0.4) is 0 Å². The molecule has 0 saturated heterocycles. The molecular weight excluding hydrogens is 278 g/mol. The van der Waals surface area contributed by atoms with Gasteiger partial charge in [-0.2, -0.15) is 0 Å². The number of nitrogens with zero attached hydrogens (tertiary/aromatic N) is 3. The van der Waals surface area contributed by atoms with Gasteiger partial charge in [0.2, 0.25) is 0 Å². The minimum Gasteiger partial charge on any atom is -0.361 e. The van der Waals surface area contributed by atoms with Crippen LogP contribution >= 0.6 is 11.6 Å². The fourth-order valence-corrected chi connectivity index (χ4v) is 2.21. The van der Waals surface area contributed by atoms with Gasteiger partial charge in [-0.3, -0.25) is 9.78 Å². The molecule has 2 rings (SSSR count). The van der Waals surface area contributed by atoms with Crippen LogP contribution < -0.4 is 0 Å². The van der Waals surface area contributed by atoms with E-state index in [1.54, 1.807) is 18.0 Å². The molecule has 0 saturated carbocycles. The van der Waals surface area contributed by atoms with Crippen LogP contribution in [-0.2, 0) is 6.54 Å². The minimum atomic E-state index is -0.178. The van der Waals surface area contributed by atoms with E-state index in [0.717, 1.165) is 22.7 Å². The second-order valence-electron chi connectivity index (χ2n) is 4.77. The zero-order valence-electron chi connectivity index (χ0n) is 11.9. The van der Waals surface area contributed by atoms with Gasteiger partial charge in [-0.15, -0.1) is 0 Å². The van der Waals surface area contributed by atoms with Crippen LogP contribution in [0.4, 0.5) is 0 Å². The first-order valence-electron chi connectivity index (χ1n) is 6.19. The van der Waals surface area contributed by atoms with E-state index in [0.29, 0.717) is 17.1 Å². The third-order valence-corrected chi connectivity index (χ3v) is 3.46. The molecule has 0 aliphatic heterocycles. The lowest BCUT2D eigenvalue weighted by Crippen LogP contribution is -2.27. The number of hydrogen-bond donors (Lipinski definition) is 0. The number of pyridine rings is 1. The summed E-state index contributed by atoms with van der Waals surface area (Å²) < 4.78 is 5.09. The molecule has 2 aromatic heterocycles.